The number of amides is 1. The Morgan fingerprint density at radius 3 is 2.28 bits per heavy atom. The molecular weight excluding hydrogens is 366 g/mol. The largest absolute Gasteiger partial charge is 0.507 e. The first kappa shape index (κ1) is 20.4. The third-order valence-corrected chi connectivity index (χ3v) is 4.91. The number of esters is 1. The average Bonchev–Trinajstić information content (AvgIpc) is 2.68. The number of ether oxygens (including phenoxy) is 1. The van der Waals surface area contributed by atoms with Crippen LogP contribution in [0.1, 0.15) is 48.2 Å². The van der Waals surface area contributed by atoms with Gasteiger partial charge in [0.05, 0.1) is 0 Å². The van der Waals surface area contributed by atoms with Crippen molar-refractivity contribution in [2.45, 2.75) is 39.7 Å². The van der Waals surface area contributed by atoms with Gasteiger partial charge in [0.2, 0.25) is 0 Å². The van der Waals surface area contributed by atoms with E-state index in [1.807, 2.05) is 49.4 Å². The van der Waals surface area contributed by atoms with E-state index in [-0.39, 0.29) is 17.2 Å². The summed E-state index contributed by atoms with van der Waals surface area (Å²) in [5, 5.41) is 14.7. The first-order valence-corrected chi connectivity index (χ1v) is 9.61. The molecule has 0 saturated heterocycles. The molecule has 2 N–H and O–H groups in total. The van der Waals surface area contributed by atoms with E-state index in [4.69, 9.17) is 4.74 Å². The van der Waals surface area contributed by atoms with Crippen LogP contribution in [0, 0.1) is 6.92 Å². The van der Waals surface area contributed by atoms with E-state index in [0.29, 0.717) is 0 Å². The molecule has 0 unspecified atom stereocenters. The van der Waals surface area contributed by atoms with Crippen molar-refractivity contribution in [1.29, 1.82) is 0 Å². The normalized spacial score (nSPS) is 12.0. The van der Waals surface area contributed by atoms with Gasteiger partial charge in [-0.05, 0) is 53.8 Å². The summed E-state index contributed by atoms with van der Waals surface area (Å²) < 4.78 is 5.33. The lowest BCUT2D eigenvalue weighted by atomic mass is 9.98. The van der Waals surface area contributed by atoms with Crippen LogP contribution in [0.3, 0.4) is 0 Å². The van der Waals surface area contributed by atoms with Gasteiger partial charge in [-0.1, -0.05) is 56.3 Å². The molecule has 0 fully saturated rings. The number of phenolic OH excluding ortho intramolecular Hbond substituents is 1. The van der Waals surface area contributed by atoms with Crippen LogP contribution in [0.2, 0.25) is 0 Å². The molecule has 5 nitrogen and oxygen atoms in total. The number of aromatic hydroxyl groups is 1. The number of hydrogen-bond acceptors (Lipinski definition) is 4. The van der Waals surface area contributed by atoms with Gasteiger partial charge in [0.15, 0.2) is 6.10 Å². The number of carbonyl (C=O) groups excluding carboxylic acids is 2. The van der Waals surface area contributed by atoms with Gasteiger partial charge in [0.25, 0.3) is 5.91 Å². The molecule has 29 heavy (non-hydrogen) atoms. The van der Waals surface area contributed by atoms with Gasteiger partial charge in [-0.15, -0.1) is 0 Å². The van der Waals surface area contributed by atoms with Gasteiger partial charge < -0.3 is 15.2 Å². The Bertz CT molecular complexity index is 1070. The van der Waals surface area contributed by atoms with Crippen molar-refractivity contribution in [1.82, 2.24) is 0 Å². The summed E-state index contributed by atoms with van der Waals surface area (Å²) >= 11 is 0. The molecule has 0 aliphatic rings. The predicted octanol–water partition coefficient (Wildman–Crippen LogP) is 5.16. The molecule has 0 bridgehead atoms. The number of benzene rings is 3. The highest BCUT2D eigenvalue weighted by molar-refractivity contribution is 6.01. The summed E-state index contributed by atoms with van der Waals surface area (Å²) in [4.78, 5) is 25.2. The van der Waals surface area contributed by atoms with Crippen LogP contribution >= 0.6 is 0 Å². The molecule has 0 aliphatic carbocycles. The third kappa shape index (κ3) is 4.40. The Hall–Kier alpha value is -3.34. The molecule has 0 aromatic heterocycles. The van der Waals surface area contributed by atoms with Gasteiger partial charge in [-0.2, -0.15) is 0 Å². The van der Waals surface area contributed by atoms with E-state index in [1.165, 1.54) is 13.0 Å². The number of phenols is 1. The maximum Gasteiger partial charge on any atom is 0.342 e. The van der Waals surface area contributed by atoms with Crippen molar-refractivity contribution in [3.8, 4) is 5.75 Å². The highest BCUT2D eigenvalue weighted by Gasteiger charge is 2.23. The number of nitrogens with one attached hydrogen (secondary N) is 1. The molecule has 1 amide bonds. The molecule has 0 aliphatic heterocycles. The molecule has 0 spiro atoms. The third-order valence-electron chi connectivity index (χ3n) is 4.91. The Labute approximate surface area is 170 Å². The summed E-state index contributed by atoms with van der Waals surface area (Å²) in [7, 11) is 0. The Kier molecular flexibility index (Phi) is 5.87. The molecule has 5 heteroatoms. The van der Waals surface area contributed by atoms with Crippen LogP contribution in [0.25, 0.3) is 10.8 Å². The van der Waals surface area contributed by atoms with E-state index in [2.05, 4.69) is 19.2 Å². The van der Waals surface area contributed by atoms with Gasteiger partial charge in [-0.25, -0.2) is 4.79 Å². The average molecular weight is 391 g/mol. The zero-order valence-corrected chi connectivity index (χ0v) is 17.0. The number of para-hydroxylation sites is 1. The molecule has 0 radical (unpaired) electrons. The van der Waals surface area contributed by atoms with Crippen LogP contribution < -0.4 is 5.32 Å². The van der Waals surface area contributed by atoms with Crippen LogP contribution in [0.5, 0.6) is 5.75 Å². The maximum atomic E-state index is 12.7. The van der Waals surface area contributed by atoms with Crippen LogP contribution in [0.4, 0.5) is 5.69 Å². The number of rotatable bonds is 5. The monoisotopic (exact) mass is 391 g/mol. The molecule has 1 atom stereocenters. The van der Waals surface area contributed by atoms with E-state index in [9.17, 15) is 14.7 Å². The SMILES string of the molecule is Cc1cccc(C(C)C)c1NC(=O)[C@H](C)OC(=O)c1cc2ccccc2cc1O. The number of hydrogen-bond donors (Lipinski definition) is 2. The van der Waals surface area contributed by atoms with E-state index in [1.54, 1.807) is 6.07 Å². The zero-order chi connectivity index (χ0) is 21.1. The van der Waals surface area contributed by atoms with Gasteiger partial charge in [0, 0.05) is 5.69 Å². The van der Waals surface area contributed by atoms with E-state index >= 15 is 0 Å². The van der Waals surface area contributed by atoms with E-state index in [0.717, 1.165) is 27.6 Å². The quantitative estimate of drug-likeness (QED) is 0.589. The first-order valence-electron chi connectivity index (χ1n) is 9.61. The predicted molar refractivity (Wildman–Crippen MR) is 114 cm³/mol. The molecular formula is C24H25NO4. The van der Waals surface area contributed by atoms with Gasteiger partial charge >= 0.3 is 5.97 Å². The first-order chi connectivity index (χ1) is 13.8. The summed E-state index contributed by atoms with van der Waals surface area (Å²) in [6, 6.07) is 16.3. The van der Waals surface area contributed by atoms with Crippen molar-refractivity contribution in [3.05, 3.63) is 71.3 Å². The fourth-order valence-electron chi connectivity index (χ4n) is 3.24. The Morgan fingerprint density at radius 1 is 0.966 bits per heavy atom. The van der Waals surface area contributed by atoms with Crippen LogP contribution in [-0.2, 0) is 9.53 Å². The second-order valence-corrected chi connectivity index (χ2v) is 7.45. The minimum Gasteiger partial charge on any atom is -0.507 e. The lowest BCUT2D eigenvalue weighted by molar-refractivity contribution is -0.123. The molecule has 150 valence electrons. The molecule has 0 heterocycles. The van der Waals surface area contributed by atoms with Crippen molar-refractivity contribution in [2.24, 2.45) is 0 Å². The second-order valence-electron chi connectivity index (χ2n) is 7.45. The lowest BCUT2D eigenvalue weighted by Crippen LogP contribution is -2.30. The second kappa shape index (κ2) is 8.35. The molecule has 3 aromatic rings. The highest BCUT2D eigenvalue weighted by atomic mass is 16.5. The standard InChI is InChI=1S/C24H25NO4/c1-14(2)19-11-7-8-15(3)22(19)25-23(27)16(4)29-24(28)20-12-17-9-5-6-10-18(17)13-21(20)26/h5-14,16,26H,1-4H3,(H,25,27)/t16-/m0/s1. The van der Waals surface area contributed by atoms with Crippen molar-refractivity contribution in [2.75, 3.05) is 5.32 Å². The molecule has 3 aromatic carbocycles. The summed E-state index contributed by atoms with van der Waals surface area (Å²) in [5.41, 5.74) is 2.73. The smallest absolute Gasteiger partial charge is 0.342 e. The molecule has 0 saturated carbocycles. The summed E-state index contributed by atoms with van der Waals surface area (Å²) in [5.74, 6) is -1.11. The Balaban J connectivity index is 1.77. The maximum absolute atomic E-state index is 12.7. The molecule has 3 rings (SSSR count). The zero-order valence-electron chi connectivity index (χ0n) is 17.0. The number of aryl methyl sites for hydroxylation is 1. The fraction of sp³-hybridized carbons (Fsp3) is 0.250. The summed E-state index contributed by atoms with van der Waals surface area (Å²) in [6.45, 7) is 7.54. The summed E-state index contributed by atoms with van der Waals surface area (Å²) in [6.07, 6.45) is -1.02. The van der Waals surface area contributed by atoms with E-state index < -0.39 is 18.0 Å². The topological polar surface area (TPSA) is 75.6 Å². The Morgan fingerprint density at radius 2 is 1.62 bits per heavy atom. The fourth-order valence-corrected chi connectivity index (χ4v) is 3.24. The lowest BCUT2D eigenvalue weighted by Gasteiger charge is -2.19. The van der Waals surface area contributed by atoms with Crippen LogP contribution in [-0.4, -0.2) is 23.1 Å². The number of carbonyl (C=O) groups is 2. The van der Waals surface area contributed by atoms with Crippen molar-refractivity contribution >= 4 is 28.3 Å². The van der Waals surface area contributed by atoms with Crippen molar-refractivity contribution < 1.29 is 19.4 Å². The highest BCUT2D eigenvalue weighted by Crippen LogP contribution is 2.28. The minimum absolute atomic E-state index is 0.0297. The minimum atomic E-state index is -1.02. The van der Waals surface area contributed by atoms with Gasteiger partial charge in [0.1, 0.15) is 11.3 Å². The van der Waals surface area contributed by atoms with Gasteiger partial charge in [-0.3, -0.25) is 4.79 Å². The van der Waals surface area contributed by atoms with Crippen molar-refractivity contribution in [3.63, 3.8) is 0 Å². The number of anilines is 1. The number of fused-ring (bicyclic) bond motifs is 1. The van der Waals surface area contributed by atoms with Crippen LogP contribution in [0.15, 0.2) is 54.6 Å².